The van der Waals surface area contributed by atoms with Gasteiger partial charge >= 0.3 is 0 Å². The third kappa shape index (κ3) is 4.13. The van der Waals surface area contributed by atoms with Crippen molar-refractivity contribution in [3.8, 4) is 11.5 Å². The first-order valence-electron chi connectivity index (χ1n) is 9.64. The minimum atomic E-state index is -0.427. The molecule has 1 amide bonds. The third-order valence-corrected chi connectivity index (χ3v) is 5.35. The Labute approximate surface area is 169 Å². The number of benzene rings is 1. The second-order valence-electron chi connectivity index (χ2n) is 7.05. The predicted molar refractivity (Wildman–Crippen MR) is 108 cm³/mol. The normalized spacial score (nSPS) is 17.9. The van der Waals surface area contributed by atoms with E-state index in [0.717, 1.165) is 31.6 Å². The summed E-state index contributed by atoms with van der Waals surface area (Å²) in [6, 6.07) is 7.09. The van der Waals surface area contributed by atoms with Crippen molar-refractivity contribution >= 4 is 17.3 Å². The molecule has 0 unspecified atom stereocenters. The summed E-state index contributed by atoms with van der Waals surface area (Å²) in [6.07, 6.45) is 4.93. The van der Waals surface area contributed by atoms with Crippen LogP contribution in [0, 0.1) is 0 Å². The molecule has 29 heavy (non-hydrogen) atoms. The van der Waals surface area contributed by atoms with Crippen LogP contribution in [0.3, 0.4) is 0 Å². The van der Waals surface area contributed by atoms with Gasteiger partial charge in [0.2, 0.25) is 0 Å². The van der Waals surface area contributed by atoms with E-state index in [1.165, 1.54) is 0 Å². The molecule has 0 bridgehead atoms. The molecule has 0 saturated carbocycles. The number of ether oxygens (including phenoxy) is 4. The van der Waals surface area contributed by atoms with Gasteiger partial charge in [-0.05, 0) is 18.2 Å². The highest BCUT2D eigenvalue weighted by Crippen LogP contribution is 2.33. The van der Waals surface area contributed by atoms with E-state index in [4.69, 9.17) is 18.9 Å². The van der Waals surface area contributed by atoms with E-state index in [0.29, 0.717) is 36.0 Å². The van der Waals surface area contributed by atoms with Crippen molar-refractivity contribution in [2.75, 3.05) is 50.7 Å². The lowest BCUT2D eigenvalue weighted by Gasteiger charge is -2.38. The van der Waals surface area contributed by atoms with E-state index < -0.39 is 5.79 Å². The topological polar surface area (TPSA) is 82.2 Å². The standard InChI is InChI=1S/C21H25N3O5/c1-26-17-3-4-18(19(12-17)27-2)23-20(25)15-11-16(14-22-13-15)24-7-5-21(6-8-24)28-9-10-29-21/h3-4,11-14H,5-10H2,1-2H3,(H,23,25). The van der Waals surface area contributed by atoms with Gasteiger partial charge in [-0.15, -0.1) is 0 Å². The van der Waals surface area contributed by atoms with Crippen LogP contribution in [-0.2, 0) is 9.47 Å². The second-order valence-corrected chi connectivity index (χ2v) is 7.05. The van der Waals surface area contributed by atoms with E-state index in [1.807, 2.05) is 6.07 Å². The summed E-state index contributed by atoms with van der Waals surface area (Å²) in [5.74, 6) is 0.504. The fourth-order valence-electron chi connectivity index (χ4n) is 3.71. The SMILES string of the molecule is COc1ccc(NC(=O)c2cncc(N3CCC4(CC3)OCCO4)c2)c(OC)c1. The minimum Gasteiger partial charge on any atom is -0.497 e. The number of carbonyl (C=O) groups is 1. The van der Waals surface area contributed by atoms with Crippen LogP contribution in [0.2, 0.25) is 0 Å². The Kier molecular flexibility index (Phi) is 5.55. The molecule has 2 aromatic rings. The van der Waals surface area contributed by atoms with Gasteiger partial charge in [-0.2, -0.15) is 0 Å². The van der Waals surface area contributed by atoms with Crippen LogP contribution in [-0.4, -0.2) is 57.2 Å². The monoisotopic (exact) mass is 399 g/mol. The highest BCUT2D eigenvalue weighted by molar-refractivity contribution is 6.05. The number of rotatable bonds is 5. The highest BCUT2D eigenvalue weighted by Gasteiger charge is 2.39. The Hall–Kier alpha value is -2.84. The number of carbonyl (C=O) groups excluding carboxylic acids is 1. The van der Waals surface area contributed by atoms with Crippen molar-refractivity contribution < 1.29 is 23.7 Å². The number of amides is 1. The molecule has 2 fully saturated rings. The number of piperidine rings is 1. The Morgan fingerprint density at radius 1 is 1.10 bits per heavy atom. The van der Waals surface area contributed by atoms with Gasteiger partial charge < -0.3 is 29.2 Å². The Balaban J connectivity index is 1.45. The number of nitrogens with zero attached hydrogens (tertiary/aromatic N) is 2. The summed E-state index contributed by atoms with van der Waals surface area (Å²) in [5, 5.41) is 2.88. The van der Waals surface area contributed by atoms with Crippen molar-refractivity contribution in [3.63, 3.8) is 0 Å². The molecule has 2 aliphatic rings. The molecule has 1 N–H and O–H groups in total. The summed E-state index contributed by atoms with van der Waals surface area (Å²) in [5.41, 5.74) is 1.96. The molecule has 0 atom stereocenters. The molecular weight excluding hydrogens is 374 g/mol. The van der Waals surface area contributed by atoms with Crippen LogP contribution in [0.5, 0.6) is 11.5 Å². The molecule has 0 radical (unpaired) electrons. The second kappa shape index (κ2) is 8.26. The van der Waals surface area contributed by atoms with E-state index in [-0.39, 0.29) is 5.91 Å². The predicted octanol–water partition coefficient (Wildman–Crippen LogP) is 2.69. The number of methoxy groups -OCH3 is 2. The fraction of sp³-hybridized carbons (Fsp3) is 0.429. The molecular formula is C21H25N3O5. The number of aromatic nitrogens is 1. The van der Waals surface area contributed by atoms with Gasteiger partial charge in [-0.3, -0.25) is 9.78 Å². The van der Waals surface area contributed by atoms with Crippen molar-refractivity contribution in [1.82, 2.24) is 4.98 Å². The zero-order chi connectivity index (χ0) is 20.3. The lowest BCUT2D eigenvalue weighted by molar-refractivity contribution is -0.169. The van der Waals surface area contributed by atoms with E-state index in [9.17, 15) is 4.79 Å². The first-order valence-corrected chi connectivity index (χ1v) is 9.64. The van der Waals surface area contributed by atoms with E-state index in [1.54, 1.807) is 44.8 Å². The molecule has 8 nitrogen and oxygen atoms in total. The van der Waals surface area contributed by atoms with Gasteiger partial charge in [0.25, 0.3) is 5.91 Å². The van der Waals surface area contributed by atoms with Crippen molar-refractivity contribution in [2.45, 2.75) is 18.6 Å². The molecule has 2 saturated heterocycles. The van der Waals surface area contributed by atoms with E-state index >= 15 is 0 Å². The molecule has 154 valence electrons. The molecule has 3 heterocycles. The summed E-state index contributed by atoms with van der Waals surface area (Å²) in [6.45, 7) is 2.90. The van der Waals surface area contributed by atoms with Crippen LogP contribution in [0.1, 0.15) is 23.2 Å². The summed E-state index contributed by atoms with van der Waals surface area (Å²) >= 11 is 0. The average Bonchev–Trinajstić information content (AvgIpc) is 3.22. The minimum absolute atomic E-state index is 0.251. The van der Waals surface area contributed by atoms with Gasteiger partial charge in [0.05, 0.1) is 50.6 Å². The Morgan fingerprint density at radius 2 is 1.86 bits per heavy atom. The number of pyridine rings is 1. The van der Waals surface area contributed by atoms with Gasteiger partial charge in [0, 0.05) is 38.2 Å². The maximum absolute atomic E-state index is 12.8. The number of hydrogen-bond donors (Lipinski definition) is 1. The number of hydrogen-bond acceptors (Lipinski definition) is 7. The molecule has 2 aliphatic heterocycles. The highest BCUT2D eigenvalue weighted by atomic mass is 16.7. The van der Waals surface area contributed by atoms with Crippen molar-refractivity contribution in [1.29, 1.82) is 0 Å². The third-order valence-electron chi connectivity index (χ3n) is 5.35. The first kappa shape index (κ1) is 19.5. The fourth-order valence-corrected chi connectivity index (χ4v) is 3.71. The lowest BCUT2D eigenvalue weighted by atomic mass is 10.0. The number of nitrogens with one attached hydrogen (secondary N) is 1. The quantitative estimate of drug-likeness (QED) is 0.828. The maximum atomic E-state index is 12.8. The van der Waals surface area contributed by atoms with Gasteiger partial charge in [-0.1, -0.05) is 0 Å². The summed E-state index contributed by atoms with van der Waals surface area (Å²) < 4.78 is 22.1. The van der Waals surface area contributed by atoms with Gasteiger partial charge in [-0.25, -0.2) is 0 Å². The molecule has 1 aromatic heterocycles. The molecule has 8 heteroatoms. The smallest absolute Gasteiger partial charge is 0.257 e. The summed E-state index contributed by atoms with van der Waals surface area (Å²) in [4.78, 5) is 19.2. The molecule has 1 spiro atoms. The largest absolute Gasteiger partial charge is 0.497 e. The Morgan fingerprint density at radius 3 is 2.55 bits per heavy atom. The Bertz CT molecular complexity index is 872. The molecule has 1 aromatic carbocycles. The lowest BCUT2D eigenvalue weighted by Crippen LogP contribution is -2.45. The zero-order valence-corrected chi connectivity index (χ0v) is 16.6. The van der Waals surface area contributed by atoms with Crippen LogP contribution < -0.4 is 19.7 Å². The van der Waals surface area contributed by atoms with Crippen LogP contribution in [0.15, 0.2) is 36.7 Å². The molecule has 0 aliphatic carbocycles. The van der Waals surface area contributed by atoms with Crippen LogP contribution in [0.25, 0.3) is 0 Å². The van der Waals surface area contributed by atoms with Crippen molar-refractivity contribution in [2.24, 2.45) is 0 Å². The van der Waals surface area contributed by atoms with Crippen LogP contribution >= 0.6 is 0 Å². The van der Waals surface area contributed by atoms with Crippen molar-refractivity contribution in [3.05, 3.63) is 42.2 Å². The first-order chi connectivity index (χ1) is 14.1. The maximum Gasteiger partial charge on any atom is 0.257 e. The zero-order valence-electron chi connectivity index (χ0n) is 16.6. The van der Waals surface area contributed by atoms with Crippen LogP contribution in [0.4, 0.5) is 11.4 Å². The van der Waals surface area contributed by atoms with Gasteiger partial charge in [0.1, 0.15) is 11.5 Å². The molecule has 4 rings (SSSR count). The summed E-state index contributed by atoms with van der Waals surface area (Å²) in [7, 11) is 3.13. The average molecular weight is 399 g/mol. The van der Waals surface area contributed by atoms with E-state index in [2.05, 4.69) is 15.2 Å². The number of anilines is 2. The van der Waals surface area contributed by atoms with Gasteiger partial charge in [0.15, 0.2) is 5.79 Å².